The number of aromatic amines is 1. The Morgan fingerprint density at radius 3 is 2.48 bits per heavy atom. The highest BCUT2D eigenvalue weighted by molar-refractivity contribution is 7.89. The van der Waals surface area contributed by atoms with Crippen LogP contribution < -0.4 is 15.8 Å². The lowest BCUT2D eigenvalue weighted by Gasteiger charge is -2.35. The first-order valence-corrected chi connectivity index (χ1v) is 16.0. The molecule has 232 valence electrons. The van der Waals surface area contributed by atoms with E-state index in [1.54, 1.807) is 6.92 Å². The number of nitrogens with two attached hydrogens (primary N) is 1. The van der Waals surface area contributed by atoms with Crippen molar-refractivity contribution in [1.82, 2.24) is 34.6 Å². The third-order valence-corrected chi connectivity index (χ3v) is 9.50. The summed E-state index contributed by atoms with van der Waals surface area (Å²) >= 11 is 0. The molecule has 2 saturated heterocycles. The minimum absolute atomic E-state index is 0.0134. The molecule has 2 fully saturated rings. The molecular formula is C27H42N8O6S. The third kappa shape index (κ3) is 7.26. The largest absolute Gasteiger partial charge is 0.477 e. The van der Waals surface area contributed by atoms with Gasteiger partial charge in [0.05, 0.1) is 32.2 Å². The number of aromatic nitrogens is 3. The second-order valence-corrected chi connectivity index (χ2v) is 12.2. The van der Waals surface area contributed by atoms with Crippen LogP contribution in [0.4, 0.5) is 0 Å². The Hall–Kier alpha value is -3.11. The van der Waals surface area contributed by atoms with Crippen LogP contribution in [0.1, 0.15) is 59.3 Å². The van der Waals surface area contributed by atoms with Crippen molar-refractivity contribution in [1.29, 1.82) is 0 Å². The highest BCUT2D eigenvalue weighted by Crippen LogP contribution is 2.24. The summed E-state index contributed by atoms with van der Waals surface area (Å²) in [5, 5.41) is 10.1. The van der Waals surface area contributed by atoms with E-state index in [0.29, 0.717) is 64.5 Å². The highest BCUT2D eigenvalue weighted by atomic mass is 32.2. The molecule has 4 N–H and O–H groups in total. The predicted octanol–water partition coefficient (Wildman–Crippen LogP) is 0.212. The molecule has 0 aliphatic carbocycles. The summed E-state index contributed by atoms with van der Waals surface area (Å²) in [5.41, 5.74) is 7.21. The summed E-state index contributed by atoms with van der Waals surface area (Å²) in [6.07, 6.45) is 2.41. The van der Waals surface area contributed by atoms with E-state index in [9.17, 15) is 18.0 Å². The number of amides is 2. The van der Waals surface area contributed by atoms with Crippen LogP contribution >= 0.6 is 0 Å². The summed E-state index contributed by atoms with van der Waals surface area (Å²) in [6, 6.07) is 1.33. The number of primary amides is 1. The fourth-order valence-electron chi connectivity index (χ4n) is 5.29. The average molecular weight is 607 g/mol. The quantitative estimate of drug-likeness (QED) is 0.286. The first-order valence-electron chi connectivity index (χ1n) is 14.5. The van der Waals surface area contributed by atoms with Gasteiger partial charge in [0.15, 0.2) is 5.69 Å². The molecular weight excluding hydrogens is 564 g/mol. The van der Waals surface area contributed by atoms with Gasteiger partial charge in [0.1, 0.15) is 10.5 Å². The lowest BCUT2D eigenvalue weighted by Crippen LogP contribution is -2.53. The Morgan fingerprint density at radius 1 is 1.14 bits per heavy atom. The number of rotatable bonds is 13. The van der Waals surface area contributed by atoms with Crippen molar-refractivity contribution in [3.63, 3.8) is 0 Å². The minimum atomic E-state index is -3.88. The summed E-state index contributed by atoms with van der Waals surface area (Å²) in [5.74, 6) is -1.16. The summed E-state index contributed by atoms with van der Waals surface area (Å²) < 4.78 is 39.6. The molecule has 0 spiro atoms. The molecule has 15 heteroatoms. The van der Waals surface area contributed by atoms with Gasteiger partial charge in [0, 0.05) is 56.9 Å². The zero-order chi connectivity index (χ0) is 30.3. The number of hydrogen-bond donors (Lipinski definition) is 3. The number of ether oxygens (including phenoxy) is 2. The molecule has 2 aromatic heterocycles. The number of morpholine rings is 1. The lowest BCUT2D eigenvalue weighted by atomic mass is 10.0. The van der Waals surface area contributed by atoms with E-state index in [-0.39, 0.29) is 35.1 Å². The molecule has 4 rings (SSSR count). The van der Waals surface area contributed by atoms with E-state index < -0.39 is 28.0 Å². The Bertz CT molecular complexity index is 1340. The number of piperazine rings is 1. The monoisotopic (exact) mass is 606 g/mol. The molecule has 4 heterocycles. The molecule has 0 aromatic carbocycles. The van der Waals surface area contributed by atoms with Gasteiger partial charge in [-0.3, -0.25) is 19.6 Å². The van der Waals surface area contributed by atoms with Gasteiger partial charge in [0.25, 0.3) is 11.8 Å². The topological polar surface area (TPSA) is 176 Å². The minimum Gasteiger partial charge on any atom is -0.477 e. The average Bonchev–Trinajstić information content (AvgIpc) is 3.40. The molecule has 1 unspecified atom stereocenters. The van der Waals surface area contributed by atoms with E-state index in [2.05, 4.69) is 30.3 Å². The Morgan fingerprint density at radius 2 is 1.86 bits per heavy atom. The molecule has 2 aliphatic rings. The van der Waals surface area contributed by atoms with Crippen LogP contribution in [0.25, 0.3) is 0 Å². The van der Waals surface area contributed by atoms with Crippen LogP contribution in [0.2, 0.25) is 0 Å². The summed E-state index contributed by atoms with van der Waals surface area (Å²) in [7, 11) is -3.88. The molecule has 0 radical (unpaired) electrons. The Kier molecular flexibility index (Phi) is 10.9. The SMILES string of the molecule is CCCc1[nH]nc(C(N)=O)c1CC(NC(=O)c1cc(S(=O)(=O)N2CCN(CC)CC2)cnc1OCC)N1CCOCC1. The van der Waals surface area contributed by atoms with Gasteiger partial charge in [-0.05, 0) is 26.0 Å². The lowest BCUT2D eigenvalue weighted by molar-refractivity contribution is 0.00907. The molecule has 0 bridgehead atoms. The number of likely N-dealkylation sites (N-methyl/N-ethyl adjacent to an activating group) is 1. The van der Waals surface area contributed by atoms with E-state index in [1.807, 2.05) is 13.8 Å². The number of pyridine rings is 1. The number of aryl methyl sites for hydroxylation is 1. The number of nitrogens with one attached hydrogen (secondary N) is 2. The summed E-state index contributed by atoms with van der Waals surface area (Å²) in [6.45, 7) is 11.0. The van der Waals surface area contributed by atoms with Crippen LogP contribution in [0.3, 0.4) is 0 Å². The van der Waals surface area contributed by atoms with E-state index in [0.717, 1.165) is 18.7 Å². The normalized spacial score (nSPS) is 18.1. The number of hydrogen-bond acceptors (Lipinski definition) is 10. The number of carbonyl (C=O) groups excluding carboxylic acids is 2. The fourth-order valence-corrected chi connectivity index (χ4v) is 6.68. The van der Waals surface area contributed by atoms with E-state index in [4.69, 9.17) is 15.2 Å². The van der Waals surface area contributed by atoms with Gasteiger partial charge in [-0.25, -0.2) is 13.4 Å². The van der Waals surface area contributed by atoms with Gasteiger partial charge in [-0.1, -0.05) is 20.3 Å². The fraction of sp³-hybridized carbons (Fsp3) is 0.630. The van der Waals surface area contributed by atoms with Gasteiger partial charge in [-0.15, -0.1) is 0 Å². The zero-order valence-electron chi connectivity index (χ0n) is 24.6. The Labute approximate surface area is 247 Å². The number of sulfonamides is 1. The molecule has 1 atom stereocenters. The van der Waals surface area contributed by atoms with Crippen molar-refractivity contribution in [2.75, 3.05) is 65.6 Å². The maximum atomic E-state index is 13.9. The first-order chi connectivity index (χ1) is 20.2. The van der Waals surface area contributed by atoms with Gasteiger partial charge in [-0.2, -0.15) is 9.40 Å². The predicted molar refractivity (Wildman–Crippen MR) is 155 cm³/mol. The zero-order valence-corrected chi connectivity index (χ0v) is 25.4. The van der Waals surface area contributed by atoms with E-state index >= 15 is 0 Å². The molecule has 14 nitrogen and oxygen atoms in total. The maximum absolute atomic E-state index is 13.9. The van der Waals surface area contributed by atoms with Crippen LogP contribution in [-0.2, 0) is 27.6 Å². The number of carbonyl (C=O) groups is 2. The van der Waals surface area contributed by atoms with Crippen LogP contribution in [0.15, 0.2) is 17.2 Å². The summed E-state index contributed by atoms with van der Waals surface area (Å²) in [4.78, 5) is 34.5. The van der Waals surface area contributed by atoms with Crippen molar-refractivity contribution in [3.8, 4) is 5.88 Å². The second kappa shape index (κ2) is 14.4. The van der Waals surface area contributed by atoms with Crippen molar-refractivity contribution in [2.45, 2.75) is 51.1 Å². The first kappa shape index (κ1) is 31.8. The highest BCUT2D eigenvalue weighted by Gasteiger charge is 2.32. The molecule has 2 aromatic rings. The number of nitrogens with zero attached hydrogens (tertiary/aromatic N) is 5. The van der Waals surface area contributed by atoms with Crippen molar-refractivity contribution in [2.24, 2.45) is 5.73 Å². The van der Waals surface area contributed by atoms with Gasteiger partial charge < -0.3 is 25.4 Å². The van der Waals surface area contributed by atoms with Gasteiger partial charge >= 0.3 is 0 Å². The number of H-pyrrole nitrogens is 1. The van der Waals surface area contributed by atoms with Crippen molar-refractivity contribution < 1.29 is 27.5 Å². The smallest absolute Gasteiger partial charge is 0.269 e. The van der Waals surface area contributed by atoms with Crippen LogP contribution in [-0.4, -0.2) is 121 Å². The van der Waals surface area contributed by atoms with Crippen LogP contribution in [0, 0.1) is 0 Å². The van der Waals surface area contributed by atoms with Crippen molar-refractivity contribution >= 4 is 21.8 Å². The third-order valence-electron chi connectivity index (χ3n) is 7.64. The maximum Gasteiger partial charge on any atom is 0.269 e. The molecule has 42 heavy (non-hydrogen) atoms. The van der Waals surface area contributed by atoms with Gasteiger partial charge in [0.2, 0.25) is 15.9 Å². The molecule has 0 saturated carbocycles. The van der Waals surface area contributed by atoms with E-state index in [1.165, 1.54) is 16.6 Å². The second-order valence-electron chi connectivity index (χ2n) is 10.3. The standard InChI is InChI=1S/C27H42N8O6S/c1-4-7-22-20(24(25(28)36)32-31-22)17-23(34-12-14-40-15-13-34)30-26(37)21-16-19(18-29-27(21)41-6-3)42(38,39)35-10-8-33(5-2)9-11-35/h16,18,23H,4-15,17H2,1-3H3,(H2,28,36)(H,30,37)(H,31,32). The molecule has 2 amide bonds. The molecule has 2 aliphatic heterocycles. The Balaban J connectivity index is 1.65. The van der Waals surface area contributed by atoms with Crippen LogP contribution in [0.5, 0.6) is 5.88 Å². The van der Waals surface area contributed by atoms with Crippen molar-refractivity contribution in [3.05, 3.63) is 34.8 Å².